The number of hydrogen-bond acceptors (Lipinski definition) is 6. The third-order valence-electron chi connectivity index (χ3n) is 13.2. The minimum Gasteiger partial charge on any atom is -0.462 e. The fraction of sp³-hybridized carbons (Fsp3) is 0.883. The minimum atomic E-state index is -0.770. The van der Waals surface area contributed by atoms with Crippen molar-refractivity contribution in [3.05, 3.63) is 24.3 Å². The first-order valence-corrected chi connectivity index (χ1v) is 29.3. The van der Waals surface area contributed by atoms with Gasteiger partial charge in [0, 0.05) is 19.3 Å². The van der Waals surface area contributed by atoms with Gasteiger partial charge in [-0.2, -0.15) is 0 Å². The molecule has 0 bridgehead atoms. The Bertz CT molecular complexity index is 1070. The summed E-state index contributed by atoms with van der Waals surface area (Å²) in [5, 5.41) is 0. The minimum absolute atomic E-state index is 0.0689. The van der Waals surface area contributed by atoms with Crippen LogP contribution >= 0.6 is 0 Å². The summed E-state index contributed by atoms with van der Waals surface area (Å²) in [5.74, 6) is -0.854. The summed E-state index contributed by atoms with van der Waals surface area (Å²) >= 11 is 0. The highest BCUT2D eigenvalue weighted by atomic mass is 16.6. The third kappa shape index (κ3) is 52.9. The summed E-state index contributed by atoms with van der Waals surface area (Å²) in [6.45, 7) is 6.66. The molecule has 388 valence electrons. The Labute approximate surface area is 411 Å². The number of carbonyl (C=O) groups is 3. The number of hydrogen-bond donors (Lipinski definition) is 0. The average molecular weight is 930 g/mol. The number of esters is 3. The van der Waals surface area contributed by atoms with Crippen molar-refractivity contribution < 1.29 is 28.6 Å². The highest BCUT2D eigenvalue weighted by Gasteiger charge is 2.19. The number of ether oxygens (including phenoxy) is 3. The molecule has 0 saturated heterocycles. The molecule has 0 N–H and O–H groups in total. The molecule has 6 nitrogen and oxygen atoms in total. The predicted molar refractivity (Wildman–Crippen MR) is 284 cm³/mol. The molecule has 0 fully saturated rings. The molecule has 0 aromatic heterocycles. The molecule has 1 atom stereocenters. The van der Waals surface area contributed by atoms with E-state index in [0.717, 1.165) is 70.6 Å². The monoisotopic (exact) mass is 929 g/mol. The second kappa shape index (κ2) is 55.5. The standard InChI is InChI=1S/C60H112O6/c1-4-7-10-13-16-19-22-25-27-29-31-32-35-38-41-44-47-50-53-59(62)65-56-57(55-64-58(61)52-49-46-43-40-37-34-24-21-18-15-12-9-6-3)66-60(63)54-51-48-45-42-39-36-33-30-28-26-23-20-17-14-11-8-5-2/h17,20,26,28,57H,4-16,18-19,21-25,27,29-56H2,1-3H3/b20-17+,28-26+/t57-/m1/s1. The molecule has 0 rings (SSSR count). The molecule has 0 amide bonds. The van der Waals surface area contributed by atoms with E-state index in [0.29, 0.717) is 19.3 Å². The molecule has 0 spiro atoms. The summed E-state index contributed by atoms with van der Waals surface area (Å²) in [5.41, 5.74) is 0. The van der Waals surface area contributed by atoms with Gasteiger partial charge in [-0.05, 0) is 51.4 Å². The Morgan fingerprint density at radius 3 is 0.864 bits per heavy atom. The van der Waals surface area contributed by atoms with E-state index in [1.54, 1.807) is 0 Å². The smallest absolute Gasteiger partial charge is 0.306 e. The summed E-state index contributed by atoms with van der Waals surface area (Å²) in [6.07, 6.45) is 64.5. The highest BCUT2D eigenvalue weighted by Crippen LogP contribution is 2.17. The van der Waals surface area contributed by atoms with E-state index in [4.69, 9.17) is 14.2 Å². The molecule has 0 aliphatic rings. The highest BCUT2D eigenvalue weighted by molar-refractivity contribution is 5.71. The lowest BCUT2D eigenvalue weighted by molar-refractivity contribution is -0.167. The molecule has 0 radical (unpaired) electrons. The van der Waals surface area contributed by atoms with E-state index in [1.807, 2.05) is 0 Å². The maximum atomic E-state index is 12.9. The van der Waals surface area contributed by atoms with Crippen LogP contribution in [0.3, 0.4) is 0 Å². The number of rotatable bonds is 54. The molecule has 0 aliphatic carbocycles. The van der Waals surface area contributed by atoms with E-state index in [-0.39, 0.29) is 31.1 Å². The lowest BCUT2D eigenvalue weighted by Crippen LogP contribution is -2.30. The largest absolute Gasteiger partial charge is 0.462 e. The van der Waals surface area contributed by atoms with Crippen LogP contribution in [0.1, 0.15) is 323 Å². The zero-order valence-corrected chi connectivity index (χ0v) is 44.5. The fourth-order valence-corrected chi connectivity index (χ4v) is 8.77. The van der Waals surface area contributed by atoms with Crippen LogP contribution in [0, 0.1) is 0 Å². The maximum Gasteiger partial charge on any atom is 0.306 e. The molecular weight excluding hydrogens is 817 g/mol. The van der Waals surface area contributed by atoms with E-state index < -0.39 is 6.10 Å². The Hall–Kier alpha value is -2.11. The summed E-state index contributed by atoms with van der Waals surface area (Å²) < 4.78 is 16.9. The van der Waals surface area contributed by atoms with E-state index in [9.17, 15) is 14.4 Å². The third-order valence-corrected chi connectivity index (χ3v) is 13.2. The van der Waals surface area contributed by atoms with Crippen molar-refractivity contribution in [3.63, 3.8) is 0 Å². The van der Waals surface area contributed by atoms with E-state index in [1.165, 1.54) is 212 Å². The number of allylic oxidation sites excluding steroid dienone is 4. The quantitative estimate of drug-likeness (QED) is 0.0262. The van der Waals surface area contributed by atoms with Crippen molar-refractivity contribution in [1.29, 1.82) is 0 Å². The van der Waals surface area contributed by atoms with Crippen LogP contribution < -0.4 is 0 Å². The van der Waals surface area contributed by atoms with Gasteiger partial charge in [0.15, 0.2) is 6.10 Å². The fourth-order valence-electron chi connectivity index (χ4n) is 8.77. The molecule has 0 heterocycles. The Morgan fingerprint density at radius 2 is 0.545 bits per heavy atom. The Kier molecular flexibility index (Phi) is 53.7. The van der Waals surface area contributed by atoms with Crippen LogP contribution in [0.25, 0.3) is 0 Å². The molecule has 0 saturated carbocycles. The van der Waals surface area contributed by atoms with Crippen molar-refractivity contribution >= 4 is 17.9 Å². The van der Waals surface area contributed by atoms with Crippen LogP contribution in [0.5, 0.6) is 0 Å². The predicted octanol–water partition coefficient (Wildman–Crippen LogP) is 19.5. The SMILES string of the molecule is CCCCC/C=C/C/C=C/CCCCCCCCCC(=O)O[C@H](COC(=O)CCCCCCCCCCCCCCC)COC(=O)CCCCCCCCCCCCCCCCCCCC. The van der Waals surface area contributed by atoms with E-state index in [2.05, 4.69) is 45.1 Å². The topological polar surface area (TPSA) is 78.9 Å². The zero-order chi connectivity index (χ0) is 47.9. The van der Waals surface area contributed by atoms with Crippen LogP contribution in [-0.4, -0.2) is 37.2 Å². The first kappa shape index (κ1) is 63.9. The molecule has 0 aromatic carbocycles. The van der Waals surface area contributed by atoms with Gasteiger partial charge < -0.3 is 14.2 Å². The van der Waals surface area contributed by atoms with Crippen molar-refractivity contribution in [2.24, 2.45) is 0 Å². The zero-order valence-electron chi connectivity index (χ0n) is 44.5. The molecule has 0 aliphatic heterocycles. The van der Waals surface area contributed by atoms with Crippen LogP contribution in [0.15, 0.2) is 24.3 Å². The van der Waals surface area contributed by atoms with Crippen LogP contribution in [-0.2, 0) is 28.6 Å². The molecule has 0 aromatic rings. The number of unbranched alkanes of at least 4 members (excludes halogenated alkanes) is 39. The van der Waals surface area contributed by atoms with Gasteiger partial charge in [-0.15, -0.1) is 0 Å². The van der Waals surface area contributed by atoms with Gasteiger partial charge in [-0.3, -0.25) is 14.4 Å². The van der Waals surface area contributed by atoms with Gasteiger partial charge in [0.25, 0.3) is 0 Å². The first-order chi connectivity index (χ1) is 32.5. The van der Waals surface area contributed by atoms with Crippen molar-refractivity contribution in [3.8, 4) is 0 Å². The second-order valence-corrected chi connectivity index (χ2v) is 19.9. The van der Waals surface area contributed by atoms with Gasteiger partial charge in [0.1, 0.15) is 13.2 Å². The van der Waals surface area contributed by atoms with Crippen molar-refractivity contribution in [2.45, 2.75) is 329 Å². The summed E-state index contributed by atoms with van der Waals surface area (Å²) in [7, 11) is 0. The van der Waals surface area contributed by atoms with Crippen LogP contribution in [0.2, 0.25) is 0 Å². The maximum absolute atomic E-state index is 12.9. The molecular formula is C60H112O6. The lowest BCUT2D eigenvalue weighted by Gasteiger charge is -2.18. The summed E-state index contributed by atoms with van der Waals surface area (Å²) in [6, 6.07) is 0. The van der Waals surface area contributed by atoms with Gasteiger partial charge in [0.05, 0.1) is 0 Å². The number of carbonyl (C=O) groups excluding carboxylic acids is 3. The van der Waals surface area contributed by atoms with Gasteiger partial charge in [-0.1, -0.05) is 276 Å². The first-order valence-electron chi connectivity index (χ1n) is 29.3. The lowest BCUT2D eigenvalue weighted by atomic mass is 10.0. The molecule has 6 heteroatoms. The Balaban J connectivity index is 4.32. The average Bonchev–Trinajstić information content (AvgIpc) is 3.31. The van der Waals surface area contributed by atoms with Gasteiger partial charge in [-0.25, -0.2) is 0 Å². The van der Waals surface area contributed by atoms with Crippen LogP contribution in [0.4, 0.5) is 0 Å². The summed E-state index contributed by atoms with van der Waals surface area (Å²) in [4.78, 5) is 38.1. The molecule has 66 heavy (non-hydrogen) atoms. The van der Waals surface area contributed by atoms with Gasteiger partial charge in [0.2, 0.25) is 0 Å². The normalized spacial score (nSPS) is 12.1. The van der Waals surface area contributed by atoms with E-state index >= 15 is 0 Å². The second-order valence-electron chi connectivity index (χ2n) is 19.9. The van der Waals surface area contributed by atoms with Crippen molar-refractivity contribution in [2.75, 3.05) is 13.2 Å². The molecule has 0 unspecified atom stereocenters. The van der Waals surface area contributed by atoms with Gasteiger partial charge >= 0.3 is 17.9 Å². The van der Waals surface area contributed by atoms with Crippen molar-refractivity contribution in [1.82, 2.24) is 0 Å². The Morgan fingerprint density at radius 1 is 0.303 bits per heavy atom.